The van der Waals surface area contributed by atoms with Crippen molar-refractivity contribution in [3.05, 3.63) is 12.3 Å². The van der Waals surface area contributed by atoms with Crippen LogP contribution in [0.3, 0.4) is 0 Å². The van der Waals surface area contributed by atoms with Gasteiger partial charge in [0.25, 0.3) is 0 Å². The molecule has 0 spiro atoms. The van der Waals surface area contributed by atoms with E-state index >= 15 is 0 Å². The van der Waals surface area contributed by atoms with Gasteiger partial charge in [0.05, 0.1) is 6.17 Å². The Morgan fingerprint density at radius 2 is 2.56 bits per heavy atom. The second kappa shape index (κ2) is 2.01. The second-order valence-electron chi connectivity index (χ2n) is 2.43. The third kappa shape index (κ3) is 0.821. The number of nitrogens with one attached hydrogen (secondary N) is 2. The maximum absolute atomic E-state index is 3.36. The van der Waals surface area contributed by atoms with Gasteiger partial charge >= 0.3 is 0 Å². The normalized spacial score (nSPS) is 34.0. The Hall–Kier alpha value is -0.540. The van der Waals surface area contributed by atoms with Crippen LogP contribution in [0.5, 0.6) is 0 Å². The van der Waals surface area contributed by atoms with E-state index in [4.69, 9.17) is 0 Å². The number of fused-ring (bicyclic) bond motifs is 1. The molecule has 0 aromatic rings. The molecular formula is C6H11N3. The van der Waals surface area contributed by atoms with Gasteiger partial charge in [-0.3, -0.25) is 5.32 Å². The summed E-state index contributed by atoms with van der Waals surface area (Å²) in [7, 11) is 0. The lowest BCUT2D eigenvalue weighted by atomic mass is 10.3. The van der Waals surface area contributed by atoms with E-state index in [1.165, 1.54) is 6.42 Å². The molecule has 1 unspecified atom stereocenters. The van der Waals surface area contributed by atoms with Crippen LogP contribution in [0.2, 0.25) is 0 Å². The highest BCUT2D eigenvalue weighted by atomic mass is 15.6. The van der Waals surface area contributed by atoms with Gasteiger partial charge in [-0.2, -0.15) is 0 Å². The van der Waals surface area contributed by atoms with Crippen molar-refractivity contribution in [2.75, 3.05) is 13.1 Å². The van der Waals surface area contributed by atoms with E-state index in [9.17, 15) is 0 Å². The minimum Gasteiger partial charge on any atom is -0.325 e. The maximum atomic E-state index is 3.36. The number of nitrogens with zero attached hydrogens (tertiary/aromatic N) is 1. The molecule has 2 rings (SSSR count). The molecule has 1 saturated heterocycles. The molecule has 1 atom stereocenters. The lowest BCUT2D eigenvalue weighted by molar-refractivity contribution is 0.142. The van der Waals surface area contributed by atoms with E-state index in [0.29, 0.717) is 6.17 Å². The monoisotopic (exact) mass is 125 g/mol. The Morgan fingerprint density at radius 3 is 3.44 bits per heavy atom. The molecule has 0 aromatic carbocycles. The first-order valence-electron chi connectivity index (χ1n) is 3.40. The van der Waals surface area contributed by atoms with Gasteiger partial charge in [0.1, 0.15) is 0 Å². The largest absolute Gasteiger partial charge is 0.325 e. The Bertz CT molecular complexity index is 132. The molecule has 3 heteroatoms. The van der Waals surface area contributed by atoms with Crippen molar-refractivity contribution in [2.45, 2.75) is 12.6 Å². The fraction of sp³-hybridized carbons (Fsp3) is 0.667. The zero-order valence-corrected chi connectivity index (χ0v) is 5.30. The van der Waals surface area contributed by atoms with Crippen LogP contribution in [-0.4, -0.2) is 24.3 Å². The summed E-state index contributed by atoms with van der Waals surface area (Å²) < 4.78 is 0. The van der Waals surface area contributed by atoms with Crippen molar-refractivity contribution in [1.82, 2.24) is 15.8 Å². The van der Waals surface area contributed by atoms with Crippen LogP contribution in [-0.2, 0) is 0 Å². The van der Waals surface area contributed by atoms with Crippen LogP contribution in [0.15, 0.2) is 12.3 Å². The summed E-state index contributed by atoms with van der Waals surface area (Å²) >= 11 is 0. The molecule has 1 fully saturated rings. The van der Waals surface area contributed by atoms with Crippen molar-refractivity contribution < 1.29 is 0 Å². The van der Waals surface area contributed by atoms with Crippen LogP contribution in [0.4, 0.5) is 0 Å². The molecule has 9 heavy (non-hydrogen) atoms. The molecule has 0 aromatic heterocycles. The van der Waals surface area contributed by atoms with E-state index in [1.807, 2.05) is 6.20 Å². The molecule has 2 N–H and O–H groups in total. The van der Waals surface area contributed by atoms with Gasteiger partial charge in [0.2, 0.25) is 0 Å². The van der Waals surface area contributed by atoms with Gasteiger partial charge in [0.15, 0.2) is 0 Å². The Balaban J connectivity index is 2.03. The van der Waals surface area contributed by atoms with Gasteiger partial charge in [-0.25, -0.2) is 5.01 Å². The molecule has 0 bridgehead atoms. The third-order valence-corrected chi connectivity index (χ3v) is 1.78. The SMILES string of the molecule is C1=CC2NCCCN2N1. The van der Waals surface area contributed by atoms with Crippen LogP contribution < -0.4 is 10.7 Å². The van der Waals surface area contributed by atoms with Crippen LogP contribution >= 0.6 is 0 Å². The summed E-state index contributed by atoms with van der Waals surface area (Å²) in [5, 5.41) is 5.56. The summed E-state index contributed by atoms with van der Waals surface area (Å²) in [6, 6.07) is 0. The first-order valence-corrected chi connectivity index (χ1v) is 3.40. The number of rotatable bonds is 0. The molecule has 0 amide bonds. The van der Waals surface area contributed by atoms with Gasteiger partial charge in [0, 0.05) is 12.7 Å². The Kier molecular flexibility index (Phi) is 1.17. The smallest absolute Gasteiger partial charge is 0.0984 e. The molecule has 0 saturated carbocycles. The average molecular weight is 125 g/mol. The van der Waals surface area contributed by atoms with Crippen LogP contribution in [0.25, 0.3) is 0 Å². The molecule has 2 aliphatic rings. The third-order valence-electron chi connectivity index (χ3n) is 1.78. The van der Waals surface area contributed by atoms with Crippen molar-refractivity contribution in [3.8, 4) is 0 Å². The van der Waals surface area contributed by atoms with E-state index in [0.717, 1.165) is 13.1 Å². The van der Waals surface area contributed by atoms with Gasteiger partial charge < -0.3 is 5.43 Å². The van der Waals surface area contributed by atoms with Crippen molar-refractivity contribution in [2.24, 2.45) is 0 Å². The zero-order chi connectivity index (χ0) is 6.10. The van der Waals surface area contributed by atoms with Crippen molar-refractivity contribution in [1.29, 1.82) is 0 Å². The summed E-state index contributed by atoms with van der Waals surface area (Å²) in [5.41, 5.74) is 3.15. The lowest BCUT2D eigenvalue weighted by Crippen LogP contribution is -2.51. The number of hydrazine groups is 1. The van der Waals surface area contributed by atoms with E-state index in [1.54, 1.807) is 0 Å². The predicted octanol–water partition coefficient (Wildman–Crippen LogP) is -0.360. The zero-order valence-electron chi connectivity index (χ0n) is 5.30. The fourth-order valence-electron chi connectivity index (χ4n) is 1.30. The van der Waals surface area contributed by atoms with Crippen LogP contribution in [0, 0.1) is 0 Å². The molecule has 0 radical (unpaired) electrons. The molecule has 2 aliphatic heterocycles. The minimum atomic E-state index is 0.457. The molecule has 0 aliphatic carbocycles. The van der Waals surface area contributed by atoms with Crippen molar-refractivity contribution >= 4 is 0 Å². The molecule has 3 nitrogen and oxygen atoms in total. The summed E-state index contributed by atoms with van der Waals surface area (Å²) in [5.74, 6) is 0. The summed E-state index contributed by atoms with van der Waals surface area (Å²) in [6.45, 7) is 2.30. The van der Waals surface area contributed by atoms with Crippen molar-refractivity contribution in [3.63, 3.8) is 0 Å². The Labute approximate surface area is 54.7 Å². The second-order valence-corrected chi connectivity index (χ2v) is 2.43. The van der Waals surface area contributed by atoms with E-state index in [-0.39, 0.29) is 0 Å². The fourth-order valence-corrected chi connectivity index (χ4v) is 1.30. The molecule has 2 heterocycles. The van der Waals surface area contributed by atoms with E-state index < -0.39 is 0 Å². The number of hydrogen-bond acceptors (Lipinski definition) is 3. The molecular weight excluding hydrogens is 114 g/mol. The quantitative estimate of drug-likeness (QED) is 0.463. The summed E-state index contributed by atoms with van der Waals surface area (Å²) in [4.78, 5) is 0. The van der Waals surface area contributed by atoms with E-state index in [2.05, 4.69) is 21.8 Å². The van der Waals surface area contributed by atoms with Gasteiger partial charge in [-0.05, 0) is 19.0 Å². The average Bonchev–Trinajstić information content (AvgIpc) is 2.33. The molecule has 50 valence electrons. The lowest BCUT2D eigenvalue weighted by Gasteiger charge is -2.29. The van der Waals surface area contributed by atoms with Gasteiger partial charge in [-0.15, -0.1) is 0 Å². The first kappa shape index (κ1) is 5.26. The highest BCUT2D eigenvalue weighted by Gasteiger charge is 2.21. The summed E-state index contributed by atoms with van der Waals surface area (Å²) in [6.07, 6.45) is 5.83. The van der Waals surface area contributed by atoms with Gasteiger partial charge in [-0.1, -0.05) is 0 Å². The topological polar surface area (TPSA) is 27.3 Å². The Morgan fingerprint density at radius 1 is 1.56 bits per heavy atom. The maximum Gasteiger partial charge on any atom is 0.0984 e. The highest BCUT2D eigenvalue weighted by molar-refractivity contribution is 4.98. The minimum absolute atomic E-state index is 0.457. The van der Waals surface area contributed by atoms with Crippen LogP contribution in [0.1, 0.15) is 6.42 Å². The highest BCUT2D eigenvalue weighted by Crippen LogP contribution is 2.06. The standard InChI is InChI=1S/C6H11N3/c1-3-7-6-2-4-8-9(6)5-1/h2,4,6-8H,1,3,5H2. The first-order chi connectivity index (χ1) is 4.47. The predicted molar refractivity (Wildman–Crippen MR) is 35.4 cm³/mol. The number of hydrogen-bond donors (Lipinski definition) is 2.